The van der Waals surface area contributed by atoms with Crippen molar-refractivity contribution in [3.8, 4) is 12.3 Å². The lowest BCUT2D eigenvalue weighted by Crippen LogP contribution is -2.41. The molecule has 0 unspecified atom stereocenters. The summed E-state index contributed by atoms with van der Waals surface area (Å²) in [4.78, 5) is 25.3. The molecule has 0 aliphatic carbocycles. The third kappa shape index (κ3) is 5.73. The first-order valence-electron chi connectivity index (χ1n) is 8.68. The van der Waals surface area contributed by atoms with Gasteiger partial charge in [-0.1, -0.05) is 30.2 Å². The predicted molar refractivity (Wildman–Crippen MR) is 107 cm³/mol. The Morgan fingerprint density at radius 1 is 1.07 bits per heavy atom. The van der Waals surface area contributed by atoms with Gasteiger partial charge in [0.05, 0.1) is 18.0 Å². The number of halogens is 1. The van der Waals surface area contributed by atoms with E-state index in [1.165, 1.54) is 67.4 Å². The second kappa shape index (κ2) is 9.45. The molecule has 6 nitrogen and oxygen atoms in total. The average Bonchev–Trinajstić information content (AvgIpc) is 2.69. The summed E-state index contributed by atoms with van der Waals surface area (Å²) in [6.45, 7) is 1.08. The molecule has 0 atom stereocenters. The molecule has 29 heavy (non-hydrogen) atoms. The normalized spacial score (nSPS) is 11.1. The van der Waals surface area contributed by atoms with Gasteiger partial charge in [-0.2, -0.15) is 4.31 Å². The summed E-state index contributed by atoms with van der Waals surface area (Å²) in [7, 11) is -2.64. The smallest absolute Gasteiger partial charge is 0.243 e. The molecule has 1 amide bonds. The molecule has 2 aromatic carbocycles. The van der Waals surface area contributed by atoms with Crippen molar-refractivity contribution in [1.82, 2.24) is 9.21 Å². The van der Waals surface area contributed by atoms with Crippen LogP contribution in [0.2, 0.25) is 0 Å². The number of Topliss-reactive ketones (excluding diaryl/α,β-unsaturated/α-hetero) is 1. The number of likely N-dealkylation sites (N-methyl/N-ethyl adjacent to an activating group) is 1. The van der Waals surface area contributed by atoms with Crippen LogP contribution in [0.3, 0.4) is 0 Å². The van der Waals surface area contributed by atoms with E-state index in [4.69, 9.17) is 6.42 Å². The van der Waals surface area contributed by atoms with Crippen molar-refractivity contribution >= 4 is 21.7 Å². The maximum absolute atomic E-state index is 13.1. The van der Waals surface area contributed by atoms with Crippen LogP contribution in [0.4, 0.5) is 4.39 Å². The molecular weight excluding hydrogens is 395 g/mol. The highest BCUT2D eigenvalue weighted by atomic mass is 32.2. The van der Waals surface area contributed by atoms with Crippen LogP contribution in [0.25, 0.3) is 0 Å². The SMILES string of the molecule is C#CCN(Cc1ccc(F)cc1)C(=O)CN(C)S(=O)(=O)c1ccc(C(C)=O)cc1. The molecule has 2 aromatic rings. The largest absolute Gasteiger partial charge is 0.326 e. The Kier molecular flexibility index (Phi) is 7.26. The molecule has 0 heterocycles. The van der Waals surface area contributed by atoms with Crippen LogP contribution >= 0.6 is 0 Å². The highest BCUT2D eigenvalue weighted by Gasteiger charge is 2.25. The summed E-state index contributed by atoms with van der Waals surface area (Å²) in [5.74, 6) is 1.31. The van der Waals surface area contributed by atoms with E-state index >= 15 is 0 Å². The van der Waals surface area contributed by atoms with E-state index in [1.807, 2.05) is 0 Å². The van der Waals surface area contributed by atoms with Gasteiger partial charge in [0.25, 0.3) is 0 Å². The summed E-state index contributed by atoms with van der Waals surface area (Å²) >= 11 is 0. The third-order valence-corrected chi connectivity index (χ3v) is 6.07. The quantitative estimate of drug-likeness (QED) is 0.489. The van der Waals surface area contributed by atoms with Gasteiger partial charge in [-0.05, 0) is 36.8 Å². The fourth-order valence-corrected chi connectivity index (χ4v) is 3.69. The van der Waals surface area contributed by atoms with Gasteiger partial charge in [0.15, 0.2) is 5.78 Å². The predicted octanol–water partition coefficient (Wildman–Crippen LogP) is 2.31. The lowest BCUT2D eigenvalue weighted by molar-refractivity contribution is -0.131. The molecule has 0 spiro atoms. The number of hydrogen-bond donors (Lipinski definition) is 0. The van der Waals surface area contributed by atoms with Crippen LogP contribution in [0.15, 0.2) is 53.4 Å². The topological polar surface area (TPSA) is 74.8 Å². The number of carbonyl (C=O) groups excluding carboxylic acids is 2. The lowest BCUT2D eigenvalue weighted by atomic mass is 10.2. The van der Waals surface area contributed by atoms with Gasteiger partial charge < -0.3 is 4.90 Å². The highest BCUT2D eigenvalue weighted by molar-refractivity contribution is 7.89. The number of terminal acetylenes is 1. The van der Waals surface area contributed by atoms with E-state index in [2.05, 4.69) is 5.92 Å². The lowest BCUT2D eigenvalue weighted by Gasteiger charge is -2.24. The Balaban J connectivity index is 2.13. The number of carbonyl (C=O) groups is 2. The number of rotatable bonds is 8. The molecular formula is C21H21FN2O4S. The molecule has 0 fully saturated rings. The van der Waals surface area contributed by atoms with Crippen molar-refractivity contribution in [1.29, 1.82) is 0 Å². The molecule has 2 rings (SSSR count). The van der Waals surface area contributed by atoms with Crippen molar-refractivity contribution in [2.24, 2.45) is 0 Å². The fraction of sp³-hybridized carbons (Fsp3) is 0.238. The average molecular weight is 416 g/mol. The molecule has 0 aromatic heterocycles. The number of amides is 1. The van der Waals surface area contributed by atoms with Crippen LogP contribution in [0.1, 0.15) is 22.8 Å². The highest BCUT2D eigenvalue weighted by Crippen LogP contribution is 2.16. The Bertz CT molecular complexity index is 1030. The Morgan fingerprint density at radius 3 is 2.17 bits per heavy atom. The zero-order valence-electron chi connectivity index (χ0n) is 16.1. The van der Waals surface area contributed by atoms with Crippen LogP contribution in [0.5, 0.6) is 0 Å². The Labute approximate surface area is 170 Å². The zero-order valence-corrected chi connectivity index (χ0v) is 16.9. The van der Waals surface area contributed by atoms with Crippen molar-refractivity contribution in [2.75, 3.05) is 20.1 Å². The van der Waals surface area contributed by atoms with Crippen LogP contribution < -0.4 is 0 Å². The fourth-order valence-electron chi connectivity index (χ4n) is 2.57. The van der Waals surface area contributed by atoms with Crippen LogP contribution in [-0.2, 0) is 21.4 Å². The number of benzene rings is 2. The third-order valence-electron chi connectivity index (χ3n) is 4.25. The van der Waals surface area contributed by atoms with Crippen molar-refractivity contribution in [3.63, 3.8) is 0 Å². The van der Waals surface area contributed by atoms with Crippen LogP contribution in [-0.4, -0.2) is 49.5 Å². The minimum absolute atomic E-state index is 0.0165. The van der Waals surface area contributed by atoms with Crippen molar-refractivity contribution in [2.45, 2.75) is 18.4 Å². The second-order valence-electron chi connectivity index (χ2n) is 6.42. The van der Waals surface area contributed by atoms with Gasteiger partial charge in [0.2, 0.25) is 15.9 Å². The number of ketones is 1. The maximum atomic E-state index is 13.1. The molecule has 0 aliphatic rings. The van der Waals surface area contributed by atoms with Crippen LogP contribution in [0, 0.1) is 18.2 Å². The summed E-state index contributed by atoms with van der Waals surface area (Å²) in [6.07, 6.45) is 5.33. The summed E-state index contributed by atoms with van der Waals surface area (Å²) in [5, 5.41) is 0. The van der Waals surface area contributed by atoms with E-state index in [1.54, 1.807) is 0 Å². The summed E-state index contributed by atoms with van der Waals surface area (Å²) in [5.41, 5.74) is 1.06. The Hall–Kier alpha value is -3.02. The number of nitrogens with zero attached hydrogens (tertiary/aromatic N) is 2. The first-order chi connectivity index (χ1) is 13.6. The van der Waals surface area contributed by atoms with Gasteiger partial charge in [-0.15, -0.1) is 6.42 Å². The van der Waals surface area contributed by atoms with Gasteiger partial charge in [-0.25, -0.2) is 12.8 Å². The molecule has 0 saturated carbocycles. The van der Waals surface area contributed by atoms with Gasteiger partial charge >= 0.3 is 0 Å². The Morgan fingerprint density at radius 2 is 1.66 bits per heavy atom. The molecule has 152 valence electrons. The second-order valence-corrected chi connectivity index (χ2v) is 8.47. The standard InChI is InChI=1S/C21H21FN2O4S/c1-4-13-24(14-17-5-9-19(22)10-6-17)21(26)15-23(3)29(27,28)20-11-7-18(8-12-20)16(2)25/h1,5-12H,13-15H2,2-3H3. The van der Waals surface area contributed by atoms with Gasteiger partial charge in [0.1, 0.15) is 5.82 Å². The van der Waals surface area contributed by atoms with Crippen molar-refractivity contribution in [3.05, 3.63) is 65.5 Å². The minimum atomic E-state index is -3.93. The van der Waals surface area contributed by atoms with E-state index in [0.29, 0.717) is 11.1 Å². The number of sulfonamides is 1. The minimum Gasteiger partial charge on any atom is -0.326 e. The maximum Gasteiger partial charge on any atom is 0.243 e. The van der Waals surface area contributed by atoms with Gasteiger partial charge in [0, 0.05) is 19.2 Å². The molecule has 8 heteroatoms. The van der Waals surface area contributed by atoms with E-state index in [0.717, 1.165) is 4.31 Å². The first-order valence-corrected chi connectivity index (χ1v) is 10.1. The van der Waals surface area contributed by atoms with E-state index in [-0.39, 0.29) is 23.8 Å². The molecule has 0 N–H and O–H groups in total. The molecule has 0 aliphatic heterocycles. The summed E-state index contributed by atoms with van der Waals surface area (Å²) in [6, 6.07) is 11.1. The first kappa shape index (κ1) is 22.3. The zero-order chi connectivity index (χ0) is 21.6. The molecule has 0 radical (unpaired) electrons. The molecule has 0 bridgehead atoms. The van der Waals surface area contributed by atoms with E-state index < -0.39 is 28.3 Å². The van der Waals surface area contributed by atoms with Gasteiger partial charge in [-0.3, -0.25) is 9.59 Å². The number of hydrogen-bond acceptors (Lipinski definition) is 4. The monoisotopic (exact) mass is 416 g/mol. The van der Waals surface area contributed by atoms with E-state index in [9.17, 15) is 22.4 Å². The van der Waals surface area contributed by atoms with Crippen molar-refractivity contribution < 1.29 is 22.4 Å². The molecule has 0 saturated heterocycles. The summed E-state index contributed by atoms with van der Waals surface area (Å²) < 4.78 is 39.4.